The molecule has 0 atom stereocenters. The molecular formula is C17H14ClFN2O4. The maximum Gasteiger partial charge on any atom is 0.311 e. The van der Waals surface area contributed by atoms with Crippen molar-refractivity contribution in [3.8, 4) is 5.75 Å². The van der Waals surface area contributed by atoms with E-state index in [2.05, 4.69) is 0 Å². The fraction of sp³-hybridized carbons (Fsp3) is 0.235. The molecule has 1 aliphatic heterocycles. The lowest BCUT2D eigenvalue weighted by Gasteiger charge is -2.30. The lowest BCUT2D eigenvalue weighted by atomic mass is 10.00. The van der Waals surface area contributed by atoms with Gasteiger partial charge in [0.1, 0.15) is 5.82 Å². The summed E-state index contributed by atoms with van der Waals surface area (Å²) in [7, 11) is 1.31. The number of halogens is 2. The molecule has 0 spiro atoms. The number of nitro groups is 1. The lowest BCUT2D eigenvalue weighted by Crippen LogP contribution is -2.36. The van der Waals surface area contributed by atoms with E-state index in [-0.39, 0.29) is 27.7 Å². The Labute approximate surface area is 147 Å². The van der Waals surface area contributed by atoms with Crippen LogP contribution >= 0.6 is 11.6 Å². The van der Waals surface area contributed by atoms with Gasteiger partial charge in [-0.25, -0.2) is 4.39 Å². The normalized spacial score (nSPS) is 13.3. The number of nitrogens with zero attached hydrogens (tertiary/aromatic N) is 2. The van der Waals surface area contributed by atoms with Crippen LogP contribution in [0.1, 0.15) is 22.3 Å². The third kappa shape index (κ3) is 3.15. The number of fused-ring (bicyclic) bond motifs is 1. The first kappa shape index (κ1) is 17.2. The number of ether oxygens (including phenoxy) is 1. The zero-order valence-corrected chi connectivity index (χ0v) is 14.0. The van der Waals surface area contributed by atoms with Crippen molar-refractivity contribution in [1.82, 2.24) is 0 Å². The third-order valence-corrected chi connectivity index (χ3v) is 4.29. The number of amides is 1. The monoisotopic (exact) mass is 364 g/mol. The molecule has 0 saturated heterocycles. The minimum absolute atomic E-state index is 0.0542. The molecule has 0 aromatic heterocycles. The average Bonchev–Trinajstić information content (AvgIpc) is 2.59. The van der Waals surface area contributed by atoms with Gasteiger partial charge in [0.05, 0.1) is 17.7 Å². The second kappa shape index (κ2) is 6.68. The van der Waals surface area contributed by atoms with Gasteiger partial charge in [-0.2, -0.15) is 0 Å². The van der Waals surface area contributed by atoms with Gasteiger partial charge in [-0.1, -0.05) is 11.6 Å². The number of carbonyl (C=O) groups excluding carboxylic acids is 1. The standard InChI is InChI=1S/C17H14ClFN2O4/c1-25-15-5-4-11(8-14(15)21(23)24)17(22)20-6-2-3-10-7-12(18)9-13(19)16(10)20/h4-5,7-9H,2-3,6H2,1H3. The summed E-state index contributed by atoms with van der Waals surface area (Å²) >= 11 is 5.88. The Balaban J connectivity index is 2.04. The van der Waals surface area contributed by atoms with Crippen LogP contribution in [0, 0.1) is 15.9 Å². The van der Waals surface area contributed by atoms with E-state index >= 15 is 0 Å². The SMILES string of the molecule is COc1ccc(C(=O)N2CCCc3cc(Cl)cc(F)c32)cc1[N+](=O)[O-]. The lowest BCUT2D eigenvalue weighted by molar-refractivity contribution is -0.385. The van der Waals surface area contributed by atoms with Gasteiger partial charge in [0.15, 0.2) is 5.75 Å². The van der Waals surface area contributed by atoms with Crippen molar-refractivity contribution in [2.24, 2.45) is 0 Å². The van der Waals surface area contributed by atoms with Gasteiger partial charge >= 0.3 is 5.69 Å². The Bertz CT molecular complexity index is 872. The Kier molecular flexibility index (Phi) is 4.59. The third-order valence-electron chi connectivity index (χ3n) is 4.07. The highest BCUT2D eigenvalue weighted by Crippen LogP contribution is 2.35. The maximum absolute atomic E-state index is 14.4. The number of hydrogen-bond donors (Lipinski definition) is 0. The molecule has 1 aliphatic rings. The van der Waals surface area contributed by atoms with Crippen LogP contribution in [-0.2, 0) is 6.42 Å². The summed E-state index contributed by atoms with van der Waals surface area (Å²) in [5, 5.41) is 11.4. The van der Waals surface area contributed by atoms with Gasteiger partial charge in [-0.15, -0.1) is 0 Å². The fourth-order valence-corrected chi connectivity index (χ4v) is 3.20. The number of anilines is 1. The number of methoxy groups -OCH3 is 1. The van der Waals surface area contributed by atoms with Crippen LogP contribution in [0.3, 0.4) is 0 Å². The zero-order valence-electron chi connectivity index (χ0n) is 13.3. The fourth-order valence-electron chi connectivity index (χ4n) is 2.98. The minimum Gasteiger partial charge on any atom is -0.490 e. The van der Waals surface area contributed by atoms with Crippen LogP contribution in [-0.4, -0.2) is 24.5 Å². The van der Waals surface area contributed by atoms with Crippen molar-refractivity contribution in [2.45, 2.75) is 12.8 Å². The molecule has 0 saturated carbocycles. The molecular weight excluding hydrogens is 351 g/mol. The van der Waals surface area contributed by atoms with Gasteiger partial charge < -0.3 is 9.64 Å². The van der Waals surface area contributed by atoms with Crippen LogP contribution in [0.5, 0.6) is 5.75 Å². The van der Waals surface area contributed by atoms with E-state index in [1.807, 2.05) is 0 Å². The molecule has 6 nitrogen and oxygen atoms in total. The van der Waals surface area contributed by atoms with Crippen molar-refractivity contribution >= 4 is 28.9 Å². The minimum atomic E-state index is -0.625. The average molecular weight is 365 g/mol. The molecule has 25 heavy (non-hydrogen) atoms. The summed E-state index contributed by atoms with van der Waals surface area (Å²) in [6, 6.07) is 6.71. The van der Waals surface area contributed by atoms with Crippen LogP contribution in [0.15, 0.2) is 30.3 Å². The van der Waals surface area contributed by atoms with Gasteiger partial charge in [-0.3, -0.25) is 14.9 Å². The molecule has 0 N–H and O–H groups in total. The predicted molar refractivity (Wildman–Crippen MR) is 91.1 cm³/mol. The summed E-state index contributed by atoms with van der Waals surface area (Å²) in [4.78, 5) is 24.7. The molecule has 2 aromatic rings. The molecule has 0 radical (unpaired) electrons. The molecule has 3 rings (SSSR count). The molecule has 1 heterocycles. The number of hydrogen-bond acceptors (Lipinski definition) is 4. The number of carbonyl (C=O) groups is 1. The Morgan fingerprint density at radius 3 is 2.80 bits per heavy atom. The molecule has 1 amide bonds. The van der Waals surface area contributed by atoms with Crippen LogP contribution in [0.2, 0.25) is 5.02 Å². The molecule has 0 unspecified atom stereocenters. The molecule has 0 bridgehead atoms. The first-order valence-corrected chi connectivity index (χ1v) is 7.92. The van der Waals surface area contributed by atoms with Crippen molar-refractivity contribution in [3.05, 3.63) is 62.4 Å². The van der Waals surface area contributed by atoms with Crippen LogP contribution in [0.4, 0.5) is 15.8 Å². The van der Waals surface area contributed by atoms with E-state index in [9.17, 15) is 19.3 Å². The van der Waals surface area contributed by atoms with E-state index in [4.69, 9.17) is 16.3 Å². The molecule has 130 valence electrons. The van der Waals surface area contributed by atoms with E-state index in [0.29, 0.717) is 24.9 Å². The van der Waals surface area contributed by atoms with E-state index in [1.54, 1.807) is 6.07 Å². The van der Waals surface area contributed by atoms with Gasteiger partial charge in [-0.05, 0) is 42.7 Å². The summed E-state index contributed by atoms with van der Waals surface area (Å²) in [6.07, 6.45) is 1.26. The topological polar surface area (TPSA) is 72.7 Å². The maximum atomic E-state index is 14.4. The van der Waals surface area contributed by atoms with Crippen molar-refractivity contribution in [2.75, 3.05) is 18.6 Å². The van der Waals surface area contributed by atoms with E-state index < -0.39 is 16.6 Å². The summed E-state index contributed by atoms with van der Waals surface area (Å²) < 4.78 is 19.3. The number of aryl methyl sites for hydroxylation is 1. The highest BCUT2D eigenvalue weighted by molar-refractivity contribution is 6.30. The van der Waals surface area contributed by atoms with Gasteiger partial charge in [0.2, 0.25) is 0 Å². The Morgan fingerprint density at radius 2 is 2.12 bits per heavy atom. The summed E-state index contributed by atoms with van der Waals surface area (Å²) in [5.74, 6) is -1.04. The first-order chi connectivity index (χ1) is 11.9. The summed E-state index contributed by atoms with van der Waals surface area (Å²) in [6.45, 7) is 0.324. The van der Waals surface area contributed by atoms with Crippen molar-refractivity contribution in [3.63, 3.8) is 0 Å². The quantitative estimate of drug-likeness (QED) is 0.609. The highest BCUT2D eigenvalue weighted by atomic mass is 35.5. The largest absolute Gasteiger partial charge is 0.490 e. The Hall–Kier alpha value is -2.67. The van der Waals surface area contributed by atoms with E-state index in [1.165, 1.54) is 24.1 Å². The van der Waals surface area contributed by atoms with Crippen LogP contribution in [0.25, 0.3) is 0 Å². The molecule has 0 fully saturated rings. The smallest absolute Gasteiger partial charge is 0.311 e. The number of rotatable bonds is 3. The van der Waals surface area contributed by atoms with Crippen LogP contribution < -0.4 is 9.64 Å². The number of benzene rings is 2. The second-order valence-electron chi connectivity index (χ2n) is 5.60. The first-order valence-electron chi connectivity index (χ1n) is 7.54. The predicted octanol–water partition coefficient (Wildman–Crippen LogP) is 3.99. The number of nitro benzene ring substituents is 1. The molecule has 8 heteroatoms. The van der Waals surface area contributed by atoms with E-state index in [0.717, 1.165) is 12.1 Å². The van der Waals surface area contributed by atoms with Gasteiger partial charge in [0.25, 0.3) is 5.91 Å². The zero-order chi connectivity index (χ0) is 18.1. The Morgan fingerprint density at radius 1 is 1.36 bits per heavy atom. The second-order valence-corrected chi connectivity index (χ2v) is 6.04. The van der Waals surface area contributed by atoms with Crippen molar-refractivity contribution in [1.29, 1.82) is 0 Å². The van der Waals surface area contributed by atoms with Crippen molar-refractivity contribution < 1.29 is 18.8 Å². The summed E-state index contributed by atoms with van der Waals surface area (Å²) in [5.41, 5.74) is 0.601. The molecule has 2 aromatic carbocycles. The van der Waals surface area contributed by atoms with Gasteiger partial charge in [0, 0.05) is 23.2 Å². The highest BCUT2D eigenvalue weighted by Gasteiger charge is 2.28. The molecule has 0 aliphatic carbocycles.